The third-order valence-electron chi connectivity index (χ3n) is 4.20. The Balaban J connectivity index is 0.00000392. The smallest absolute Gasteiger partial charge is 0.180 e. The van der Waals surface area contributed by atoms with E-state index in [0.717, 1.165) is 24.2 Å². The van der Waals surface area contributed by atoms with Crippen molar-refractivity contribution in [3.8, 4) is 11.5 Å². The first-order chi connectivity index (χ1) is 13.1. The molecular weight excluding hydrogens is 400 g/mol. The van der Waals surface area contributed by atoms with Crippen molar-refractivity contribution in [3.63, 3.8) is 0 Å². The van der Waals surface area contributed by atoms with Gasteiger partial charge in [-0.3, -0.25) is 0 Å². The van der Waals surface area contributed by atoms with Gasteiger partial charge in [-0.15, -0.1) is 12.4 Å². The van der Waals surface area contributed by atoms with Crippen LogP contribution in [-0.2, 0) is 13.2 Å². The lowest BCUT2D eigenvalue weighted by Gasteiger charge is -2.16. The molecule has 156 valence electrons. The highest BCUT2D eigenvalue weighted by molar-refractivity contribution is 6.32. The molecule has 28 heavy (non-hydrogen) atoms. The first-order valence-corrected chi connectivity index (χ1v) is 10.0. The molecule has 0 saturated heterocycles. The van der Waals surface area contributed by atoms with Crippen molar-refractivity contribution in [1.29, 1.82) is 0 Å². The van der Waals surface area contributed by atoms with Crippen LogP contribution < -0.4 is 14.8 Å². The van der Waals surface area contributed by atoms with Crippen molar-refractivity contribution in [2.45, 2.75) is 52.7 Å². The van der Waals surface area contributed by atoms with Gasteiger partial charge in [0.05, 0.1) is 11.6 Å². The van der Waals surface area contributed by atoms with Crippen LogP contribution in [0.25, 0.3) is 0 Å². The molecule has 0 aromatic heterocycles. The molecule has 6 heteroatoms. The maximum atomic E-state index is 13.0. The molecule has 0 amide bonds. The number of hydrogen-bond acceptors (Lipinski definition) is 3. The minimum Gasteiger partial charge on any atom is -0.490 e. The Bertz CT molecular complexity index is 696. The number of ether oxygens (including phenoxy) is 2. The molecule has 0 unspecified atom stereocenters. The Morgan fingerprint density at radius 2 is 1.71 bits per heavy atom. The number of unbranched alkanes of at least 4 members (excludes halogenated alkanes) is 3. The maximum absolute atomic E-state index is 13.0. The van der Waals surface area contributed by atoms with Gasteiger partial charge >= 0.3 is 0 Å². The predicted molar refractivity (Wildman–Crippen MR) is 116 cm³/mol. The Hall–Kier alpha value is -1.49. The van der Waals surface area contributed by atoms with Crippen LogP contribution in [0.5, 0.6) is 11.5 Å². The second-order valence-corrected chi connectivity index (χ2v) is 6.90. The van der Waals surface area contributed by atoms with E-state index < -0.39 is 0 Å². The Labute approximate surface area is 179 Å². The van der Waals surface area contributed by atoms with Gasteiger partial charge < -0.3 is 14.8 Å². The number of halogens is 3. The lowest BCUT2D eigenvalue weighted by Crippen LogP contribution is -2.15. The average molecular weight is 430 g/mol. The summed E-state index contributed by atoms with van der Waals surface area (Å²) in [5, 5.41) is 3.97. The van der Waals surface area contributed by atoms with Crippen molar-refractivity contribution in [1.82, 2.24) is 5.32 Å². The number of nitrogens with one attached hydrogen (secondary N) is 1. The van der Waals surface area contributed by atoms with E-state index in [1.54, 1.807) is 12.1 Å². The van der Waals surface area contributed by atoms with Gasteiger partial charge in [-0.1, -0.05) is 49.9 Å². The van der Waals surface area contributed by atoms with Crippen molar-refractivity contribution in [2.75, 3.05) is 13.2 Å². The first kappa shape index (κ1) is 24.5. The van der Waals surface area contributed by atoms with Gasteiger partial charge in [-0.25, -0.2) is 4.39 Å². The monoisotopic (exact) mass is 429 g/mol. The van der Waals surface area contributed by atoms with Crippen molar-refractivity contribution in [3.05, 3.63) is 58.4 Å². The van der Waals surface area contributed by atoms with Gasteiger partial charge in [0, 0.05) is 6.54 Å². The van der Waals surface area contributed by atoms with Gasteiger partial charge in [0.25, 0.3) is 0 Å². The molecule has 0 aliphatic rings. The highest BCUT2D eigenvalue weighted by atomic mass is 35.5. The third-order valence-corrected chi connectivity index (χ3v) is 4.48. The first-order valence-electron chi connectivity index (χ1n) is 9.67. The molecule has 2 aromatic carbocycles. The quantitative estimate of drug-likeness (QED) is 0.388. The second kappa shape index (κ2) is 13.6. The van der Waals surface area contributed by atoms with E-state index in [2.05, 4.69) is 12.2 Å². The van der Waals surface area contributed by atoms with E-state index in [0.29, 0.717) is 29.7 Å². The zero-order valence-corrected chi connectivity index (χ0v) is 18.2. The van der Waals surface area contributed by atoms with Crippen LogP contribution in [0.4, 0.5) is 4.39 Å². The van der Waals surface area contributed by atoms with Gasteiger partial charge in [0.1, 0.15) is 12.4 Å². The zero-order valence-electron chi connectivity index (χ0n) is 16.6. The number of rotatable bonds is 12. The lowest BCUT2D eigenvalue weighted by atomic mass is 10.1. The third kappa shape index (κ3) is 8.26. The molecular formula is C22H30Cl2FNO2. The fourth-order valence-corrected chi connectivity index (χ4v) is 3.06. The normalized spacial score (nSPS) is 10.4. The van der Waals surface area contributed by atoms with Crippen molar-refractivity contribution < 1.29 is 13.9 Å². The van der Waals surface area contributed by atoms with E-state index in [1.807, 2.05) is 19.1 Å². The SMILES string of the molecule is CCCCCCNCc1cc(Cl)c(OCc2ccc(F)cc2)c(OCC)c1.Cl. The summed E-state index contributed by atoms with van der Waals surface area (Å²) in [6.45, 7) is 6.70. The van der Waals surface area contributed by atoms with Crippen molar-refractivity contribution >= 4 is 24.0 Å². The molecule has 0 spiro atoms. The second-order valence-electron chi connectivity index (χ2n) is 6.49. The molecule has 1 N–H and O–H groups in total. The standard InChI is InChI=1S/C22H29ClFNO2.ClH/c1-3-5-6-7-12-25-15-18-13-20(23)22(21(14-18)26-4-2)27-16-17-8-10-19(24)11-9-17;/h8-11,13-14,25H,3-7,12,15-16H2,1-2H3;1H. The molecule has 2 aromatic rings. The molecule has 0 heterocycles. The number of benzene rings is 2. The Kier molecular flexibility index (Phi) is 12.0. The van der Waals surface area contributed by atoms with Crippen LogP contribution in [0.15, 0.2) is 36.4 Å². The van der Waals surface area contributed by atoms with Gasteiger partial charge in [0.15, 0.2) is 11.5 Å². The molecule has 0 bridgehead atoms. The van der Waals surface area contributed by atoms with E-state index >= 15 is 0 Å². The largest absolute Gasteiger partial charge is 0.490 e. The van der Waals surface area contributed by atoms with Crippen LogP contribution in [0, 0.1) is 5.82 Å². The Morgan fingerprint density at radius 1 is 0.964 bits per heavy atom. The fourth-order valence-electron chi connectivity index (χ4n) is 2.77. The molecule has 0 aliphatic heterocycles. The van der Waals surface area contributed by atoms with Crippen LogP contribution in [0.2, 0.25) is 5.02 Å². The van der Waals surface area contributed by atoms with Gasteiger partial charge in [0.2, 0.25) is 0 Å². The fraction of sp³-hybridized carbons (Fsp3) is 0.455. The summed E-state index contributed by atoms with van der Waals surface area (Å²) in [6.07, 6.45) is 4.96. The summed E-state index contributed by atoms with van der Waals surface area (Å²) >= 11 is 6.45. The van der Waals surface area contributed by atoms with Gasteiger partial charge in [-0.05, 0) is 55.3 Å². The summed E-state index contributed by atoms with van der Waals surface area (Å²) in [4.78, 5) is 0. The van der Waals surface area contributed by atoms with E-state index in [4.69, 9.17) is 21.1 Å². The summed E-state index contributed by atoms with van der Waals surface area (Å²) in [7, 11) is 0. The molecule has 2 rings (SSSR count). The van der Waals surface area contributed by atoms with Crippen LogP contribution in [0.1, 0.15) is 50.7 Å². The minimum atomic E-state index is -0.265. The lowest BCUT2D eigenvalue weighted by molar-refractivity contribution is 0.269. The van der Waals surface area contributed by atoms with Crippen LogP contribution in [0.3, 0.4) is 0 Å². The number of hydrogen-bond donors (Lipinski definition) is 1. The average Bonchev–Trinajstić information content (AvgIpc) is 2.65. The molecule has 0 fully saturated rings. The summed E-state index contributed by atoms with van der Waals surface area (Å²) in [5.41, 5.74) is 1.93. The minimum absolute atomic E-state index is 0. The predicted octanol–water partition coefficient (Wildman–Crippen LogP) is 6.55. The zero-order chi connectivity index (χ0) is 19.5. The van der Waals surface area contributed by atoms with E-state index in [-0.39, 0.29) is 18.2 Å². The maximum Gasteiger partial charge on any atom is 0.180 e. The molecule has 0 atom stereocenters. The summed E-state index contributed by atoms with van der Waals surface area (Å²) in [6, 6.07) is 10.1. The highest BCUT2D eigenvalue weighted by Gasteiger charge is 2.13. The molecule has 0 radical (unpaired) electrons. The summed E-state index contributed by atoms with van der Waals surface area (Å²) in [5.74, 6) is 0.891. The molecule has 0 aliphatic carbocycles. The summed E-state index contributed by atoms with van der Waals surface area (Å²) < 4.78 is 24.6. The highest BCUT2D eigenvalue weighted by Crippen LogP contribution is 2.37. The molecule has 0 saturated carbocycles. The van der Waals surface area contributed by atoms with E-state index in [1.165, 1.54) is 37.8 Å². The van der Waals surface area contributed by atoms with Gasteiger partial charge in [-0.2, -0.15) is 0 Å². The van der Waals surface area contributed by atoms with Crippen molar-refractivity contribution in [2.24, 2.45) is 0 Å². The molecule has 3 nitrogen and oxygen atoms in total. The van der Waals surface area contributed by atoms with Crippen LogP contribution >= 0.6 is 24.0 Å². The topological polar surface area (TPSA) is 30.5 Å². The Morgan fingerprint density at radius 3 is 2.39 bits per heavy atom. The van der Waals surface area contributed by atoms with Crippen LogP contribution in [-0.4, -0.2) is 13.2 Å². The van der Waals surface area contributed by atoms with E-state index in [9.17, 15) is 4.39 Å².